The van der Waals surface area contributed by atoms with E-state index in [1.807, 2.05) is 16.8 Å². The van der Waals surface area contributed by atoms with Crippen LogP contribution in [0.4, 0.5) is 4.39 Å². The minimum atomic E-state index is -0.443. The van der Waals surface area contributed by atoms with Gasteiger partial charge in [-0.15, -0.1) is 0 Å². The molecule has 4 rings (SSSR count). The molecule has 1 fully saturated rings. The first-order valence-corrected chi connectivity index (χ1v) is 10.9. The van der Waals surface area contributed by atoms with Gasteiger partial charge in [0.25, 0.3) is 5.91 Å². The molecular weight excluding hydrogens is 440 g/mol. The lowest BCUT2D eigenvalue weighted by molar-refractivity contribution is 0.0498. The van der Waals surface area contributed by atoms with Gasteiger partial charge in [0.1, 0.15) is 11.6 Å². The van der Waals surface area contributed by atoms with E-state index in [2.05, 4.69) is 4.98 Å². The lowest BCUT2D eigenvalue weighted by Gasteiger charge is -2.26. The molecule has 31 heavy (non-hydrogen) atoms. The van der Waals surface area contributed by atoms with Crippen molar-refractivity contribution < 1.29 is 13.9 Å². The molecule has 0 spiro atoms. The number of nitrogens with zero attached hydrogens (tertiary/aromatic N) is 3. The molecule has 0 aliphatic carbocycles. The number of rotatable bonds is 7. The molecule has 0 N–H and O–H groups in total. The van der Waals surface area contributed by atoms with Crippen LogP contribution in [0.5, 0.6) is 0 Å². The Bertz CT molecular complexity index is 1070. The predicted molar refractivity (Wildman–Crippen MR) is 118 cm³/mol. The van der Waals surface area contributed by atoms with Crippen LogP contribution in [-0.2, 0) is 17.8 Å². The summed E-state index contributed by atoms with van der Waals surface area (Å²) in [6.45, 7) is 1.88. The van der Waals surface area contributed by atoms with E-state index in [-0.39, 0.29) is 18.6 Å². The zero-order chi connectivity index (χ0) is 21.8. The summed E-state index contributed by atoms with van der Waals surface area (Å²) in [4.78, 5) is 19.3. The molecule has 1 aliphatic rings. The zero-order valence-electron chi connectivity index (χ0n) is 16.8. The van der Waals surface area contributed by atoms with Crippen LogP contribution in [-0.4, -0.2) is 39.6 Å². The maximum atomic E-state index is 13.7. The standard InChI is InChI=1S/C23H22Cl2FN3O2/c24-18-7-6-17(21(25)12-18)13-28-9-8-27-22(28)15-29(14-20-5-2-10-31-20)23(30)16-3-1-4-19(26)11-16/h1,3-4,6-9,11-12,20H,2,5,10,13-15H2/t20-/m1/s1. The van der Waals surface area contributed by atoms with Gasteiger partial charge in [-0.3, -0.25) is 4.79 Å². The second-order valence-electron chi connectivity index (χ2n) is 7.54. The molecule has 1 saturated heterocycles. The van der Waals surface area contributed by atoms with Crippen molar-refractivity contribution in [2.24, 2.45) is 0 Å². The summed E-state index contributed by atoms with van der Waals surface area (Å²) in [5.74, 6) is 0.00430. The Labute approximate surface area is 190 Å². The summed E-state index contributed by atoms with van der Waals surface area (Å²) in [6, 6.07) is 11.1. The van der Waals surface area contributed by atoms with Crippen LogP contribution in [0.1, 0.15) is 34.6 Å². The van der Waals surface area contributed by atoms with Gasteiger partial charge in [-0.1, -0.05) is 35.3 Å². The van der Waals surface area contributed by atoms with Crippen molar-refractivity contribution in [3.63, 3.8) is 0 Å². The van der Waals surface area contributed by atoms with Crippen LogP contribution >= 0.6 is 23.2 Å². The van der Waals surface area contributed by atoms with Gasteiger partial charge < -0.3 is 14.2 Å². The number of carbonyl (C=O) groups excluding carboxylic acids is 1. The van der Waals surface area contributed by atoms with Crippen molar-refractivity contribution in [3.8, 4) is 0 Å². The molecular formula is C23H22Cl2FN3O2. The topological polar surface area (TPSA) is 47.4 Å². The van der Waals surface area contributed by atoms with E-state index in [1.165, 1.54) is 18.2 Å². The van der Waals surface area contributed by atoms with Crippen LogP contribution in [0.3, 0.4) is 0 Å². The number of ether oxygens (including phenoxy) is 1. The Hall–Kier alpha value is -2.41. The third-order valence-electron chi connectivity index (χ3n) is 5.30. The van der Waals surface area contributed by atoms with E-state index in [1.54, 1.807) is 29.3 Å². The highest BCUT2D eigenvalue weighted by Gasteiger charge is 2.25. The smallest absolute Gasteiger partial charge is 0.254 e. The molecule has 2 aromatic carbocycles. The van der Waals surface area contributed by atoms with Crippen molar-refractivity contribution in [1.82, 2.24) is 14.5 Å². The quantitative estimate of drug-likeness (QED) is 0.485. The van der Waals surface area contributed by atoms with E-state index in [9.17, 15) is 9.18 Å². The monoisotopic (exact) mass is 461 g/mol. The fourth-order valence-electron chi connectivity index (χ4n) is 3.70. The van der Waals surface area contributed by atoms with Crippen LogP contribution in [0.15, 0.2) is 54.9 Å². The van der Waals surface area contributed by atoms with Gasteiger partial charge >= 0.3 is 0 Å². The molecule has 8 heteroatoms. The van der Waals surface area contributed by atoms with Crippen LogP contribution in [0.25, 0.3) is 0 Å². The zero-order valence-corrected chi connectivity index (χ0v) is 18.3. The number of aromatic nitrogens is 2. The second-order valence-corrected chi connectivity index (χ2v) is 8.38. The van der Waals surface area contributed by atoms with E-state index in [0.717, 1.165) is 18.4 Å². The van der Waals surface area contributed by atoms with Gasteiger partial charge in [-0.2, -0.15) is 0 Å². The number of carbonyl (C=O) groups is 1. The normalized spacial score (nSPS) is 15.9. The lowest BCUT2D eigenvalue weighted by atomic mass is 10.1. The Kier molecular flexibility index (Phi) is 6.90. The number of imidazole rings is 1. The van der Waals surface area contributed by atoms with Crippen LogP contribution < -0.4 is 0 Å². The van der Waals surface area contributed by atoms with Gasteiger partial charge in [0, 0.05) is 41.2 Å². The largest absolute Gasteiger partial charge is 0.376 e. The minimum absolute atomic E-state index is 0.0355. The second kappa shape index (κ2) is 9.81. The predicted octanol–water partition coefficient (Wildman–Crippen LogP) is 5.20. The Balaban J connectivity index is 1.57. The van der Waals surface area contributed by atoms with Crippen LogP contribution in [0, 0.1) is 5.82 Å². The minimum Gasteiger partial charge on any atom is -0.376 e. The number of amides is 1. The summed E-state index contributed by atoms with van der Waals surface area (Å²) < 4.78 is 21.4. The number of benzene rings is 2. The highest BCUT2D eigenvalue weighted by atomic mass is 35.5. The van der Waals surface area contributed by atoms with Gasteiger partial charge in [0.15, 0.2) is 0 Å². The maximum Gasteiger partial charge on any atom is 0.254 e. The number of hydrogen-bond donors (Lipinski definition) is 0. The van der Waals surface area contributed by atoms with Crippen LogP contribution in [0.2, 0.25) is 10.0 Å². The average Bonchev–Trinajstić information content (AvgIpc) is 3.41. The first-order valence-electron chi connectivity index (χ1n) is 10.1. The molecule has 0 bridgehead atoms. The molecule has 1 amide bonds. The summed E-state index contributed by atoms with van der Waals surface area (Å²) in [6.07, 6.45) is 5.36. The molecule has 162 valence electrons. The molecule has 1 aromatic heterocycles. The van der Waals surface area contributed by atoms with E-state index >= 15 is 0 Å². The summed E-state index contributed by atoms with van der Waals surface area (Å²) in [5, 5.41) is 1.14. The maximum absolute atomic E-state index is 13.7. The fourth-order valence-corrected chi connectivity index (χ4v) is 4.17. The number of hydrogen-bond acceptors (Lipinski definition) is 3. The van der Waals surface area contributed by atoms with E-state index in [4.69, 9.17) is 27.9 Å². The van der Waals surface area contributed by atoms with Crippen molar-refractivity contribution in [2.45, 2.75) is 32.0 Å². The first kappa shape index (κ1) is 21.8. The van der Waals surface area contributed by atoms with E-state index < -0.39 is 5.82 Å². The fraction of sp³-hybridized carbons (Fsp3) is 0.304. The van der Waals surface area contributed by atoms with Gasteiger partial charge in [-0.25, -0.2) is 9.37 Å². The molecule has 0 unspecified atom stereocenters. The Morgan fingerprint density at radius 1 is 1.26 bits per heavy atom. The first-order chi connectivity index (χ1) is 15.0. The van der Waals surface area contributed by atoms with E-state index in [0.29, 0.717) is 41.1 Å². The molecule has 3 aromatic rings. The SMILES string of the molecule is O=C(c1cccc(F)c1)N(Cc1nccn1Cc1ccc(Cl)cc1Cl)C[C@H]1CCCO1. The lowest BCUT2D eigenvalue weighted by Crippen LogP contribution is -2.37. The van der Waals surface area contributed by atoms with Crippen molar-refractivity contribution in [1.29, 1.82) is 0 Å². The molecule has 0 radical (unpaired) electrons. The molecule has 5 nitrogen and oxygen atoms in total. The van der Waals surface area contributed by atoms with Gasteiger partial charge in [0.05, 0.1) is 19.2 Å². The summed E-state index contributed by atoms with van der Waals surface area (Å²) in [5.41, 5.74) is 1.20. The van der Waals surface area contributed by atoms with Gasteiger partial charge in [-0.05, 0) is 48.7 Å². The molecule has 0 saturated carbocycles. The summed E-state index contributed by atoms with van der Waals surface area (Å²) in [7, 11) is 0. The average molecular weight is 462 g/mol. The van der Waals surface area contributed by atoms with Crippen molar-refractivity contribution >= 4 is 29.1 Å². The van der Waals surface area contributed by atoms with Crippen molar-refractivity contribution in [2.75, 3.05) is 13.2 Å². The highest BCUT2D eigenvalue weighted by Crippen LogP contribution is 2.23. The summed E-state index contributed by atoms with van der Waals surface area (Å²) >= 11 is 12.3. The van der Waals surface area contributed by atoms with Crippen molar-refractivity contribution in [3.05, 3.63) is 87.7 Å². The number of halogens is 3. The van der Waals surface area contributed by atoms with Gasteiger partial charge in [0.2, 0.25) is 0 Å². The molecule has 1 atom stereocenters. The molecule has 1 aliphatic heterocycles. The third-order valence-corrected chi connectivity index (χ3v) is 5.88. The molecule has 2 heterocycles. The third kappa shape index (κ3) is 5.45. The Morgan fingerprint density at radius 3 is 2.87 bits per heavy atom. The highest BCUT2D eigenvalue weighted by molar-refractivity contribution is 6.35. The Morgan fingerprint density at radius 2 is 2.13 bits per heavy atom.